The van der Waals surface area contributed by atoms with Gasteiger partial charge in [-0.1, -0.05) is 0 Å². The van der Waals surface area contributed by atoms with Crippen molar-refractivity contribution in [1.82, 2.24) is 14.5 Å². The molecule has 2 amide bonds. The zero-order valence-electron chi connectivity index (χ0n) is 12.3. The molecule has 0 aromatic rings. The summed E-state index contributed by atoms with van der Waals surface area (Å²) >= 11 is 0. The Labute approximate surface area is 127 Å². The average molecular weight is 343 g/mol. The van der Waals surface area contributed by atoms with Crippen LogP contribution >= 0.6 is 0 Å². The molecule has 1 aliphatic carbocycles. The number of hydrogen-bond acceptors (Lipinski definition) is 3. The van der Waals surface area contributed by atoms with Gasteiger partial charge in [0.1, 0.15) is 0 Å². The maximum absolute atomic E-state index is 12.8. The van der Waals surface area contributed by atoms with Gasteiger partial charge in [-0.2, -0.15) is 13.2 Å². The van der Waals surface area contributed by atoms with E-state index in [2.05, 4.69) is 5.32 Å². The lowest BCUT2D eigenvalue weighted by Crippen LogP contribution is -2.46. The molecule has 2 rings (SSSR count). The summed E-state index contributed by atoms with van der Waals surface area (Å²) in [6.07, 6.45) is -2.66. The highest BCUT2D eigenvalue weighted by atomic mass is 32.2. The van der Waals surface area contributed by atoms with E-state index in [4.69, 9.17) is 0 Å². The SMILES string of the molecule is CS(=O)(=O)N1CCCN(C(=O)NCC2(C(F)(F)F)CC2)CC1. The van der Waals surface area contributed by atoms with Crippen molar-refractivity contribution in [3.05, 3.63) is 0 Å². The van der Waals surface area contributed by atoms with Crippen molar-refractivity contribution in [2.75, 3.05) is 39.0 Å². The molecule has 2 aliphatic rings. The molecule has 6 nitrogen and oxygen atoms in total. The molecule has 0 aromatic heterocycles. The van der Waals surface area contributed by atoms with E-state index in [1.54, 1.807) is 0 Å². The van der Waals surface area contributed by atoms with Crippen molar-refractivity contribution in [2.45, 2.75) is 25.4 Å². The summed E-state index contributed by atoms with van der Waals surface area (Å²) in [4.78, 5) is 13.4. The molecular formula is C12H20F3N3O3S. The van der Waals surface area contributed by atoms with Crippen molar-refractivity contribution >= 4 is 16.1 Å². The molecule has 1 saturated carbocycles. The van der Waals surface area contributed by atoms with Gasteiger partial charge >= 0.3 is 12.2 Å². The largest absolute Gasteiger partial charge is 0.396 e. The molecule has 0 spiro atoms. The van der Waals surface area contributed by atoms with Crippen LogP contribution in [0.2, 0.25) is 0 Å². The predicted molar refractivity (Wildman–Crippen MR) is 73.7 cm³/mol. The van der Waals surface area contributed by atoms with Gasteiger partial charge in [-0.25, -0.2) is 17.5 Å². The van der Waals surface area contributed by atoms with Crippen LogP contribution in [0.3, 0.4) is 0 Å². The molecule has 0 atom stereocenters. The van der Waals surface area contributed by atoms with Gasteiger partial charge in [-0.05, 0) is 19.3 Å². The highest BCUT2D eigenvalue weighted by molar-refractivity contribution is 7.88. The number of carbonyl (C=O) groups excluding carboxylic acids is 1. The minimum atomic E-state index is -4.30. The number of rotatable bonds is 3. The van der Waals surface area contributed by atoms with E-state index in [0.29, 0.717) is 19.5 Å². The Morgan fingerprint density at radius 2 is 1.82 bits per heavy atom. The molecule has 22 heavy (non-hydrogen) atoms. The topological polar surface area (TPSA) is 69.7 Å². The Balaban J connectivity index is 1.86. The Morgan fingerprint density at radius 3 is 2.32 bits per heavy atom. The number of nitrogens with zero attached hydrogens (tertiary/aromatic N) is 2. The molecule has 128 valence electrons. The number of halogens is 3. The molecule has 0 bridgehead atoms. The van der Waals surface area contributed by atoms with Gasteiger partial charge in [-0.15, -0.1) is 0 Å². The maximum atomic E-state index is 12.8. The first-order valence-electron chi connectivity index (χ1n) is 7.10. The fraction of sp³-hybridized carbons (Fsp3) is 0.917. The van der Waals surface area contributed by atoms with Crippen molar-refractivity contribution in [3.63, 3.8) is 0 Å². The van der Waals surface area contributed by atoms with Crippen molar-refractivity contribution < 1.29 is 26.4 Å². The molecule has 1 heterocycles. The van der Waals surface area contributed by atoms with Crippen LogP contribution in [0.5, 0.6) is 0 Å². The number of urea groups is 1. The van der Waals surface area contributed by atoms with Crippen LogP contribution < -0.4 is 5.32 Å². The number of carbonyl (C=O) groups is 1. The van der Waals surface area contributed by atoms with E-state index in [-0.39, 0.29) is 25.9 Å². The van der Waals surface area contributed by atoms with Crippen LogP contribution in [0, 0.1) is 5.41 Å². The van der Waals surface area contributed by atoms with Gasteiger partial charge < -0.3 is 10.2 Å². The first kappa shape index (κ1) is 17.3. The fourth-order valence-electron chi connectivity index (χ4n) is 2.50. The number of alkyl halides is 3. The smallest absolute Gasteiger partial charge is 0.337 e. The lowest BCUT2D eigenvalue weighted by Gasteiger charge is -2.24. The summed E-state index contributed by atoms with van der Waals surface area (Å²) in [7, 11) is -3.32. The zero-order chi connectivity index (χ0) is 16.6. The van der Waals surface area contributed by atoms with E-state index in [1.165, 1.54) is 9.21 Å². The predicted octanol–water partition coefficient (Wildman–Crippen LogP) is 1.01. The summed E-state index contributed by atoms with van der Waals surface area (Å²) in [5.41, 5.74) is -1.77. The van der Waals surface area contributed by atoms with E-state index in [9.17, 15) is 26.4 Å². The Hall–Kier alpha value is -1.03. The summed E-state index contributed by atoms with van der Waals surface area (Å²) in [6, 6.07) is -0.564. The summed E-state index contributed by atoms with van der Waals surface area (Å²) < 4.78 is 62.6. The quantitative estimate of drug-likeness (QED) is 0.831. The molecule has 2 fully saturated rings. The van der Waals surface area contributed by atoms with Crippen LogP contribution in [-0.4, -0.2) is 68.8 Å². The second-order valence-corrected chi connectivity index (χ2v) is 7.92. The Kier molecular flexibility index (Phi) is 4.63. The first-order chi connectivity index (χ1) is 10.1. The number of sulfonamides is 1. The Bertz CT molecular complexity index is 531. The van der Waals surface area contributed by atoms with Crippen LogP contribution in [0.15, 0.2) is 0 Å². The third kappa shape index (κ3) is 3.83. The van der Waals surface area contributed by atoms with E-state index >= 15 is 0 Å². The molecule has 0 unspecified atom stereocenters. The average Bonchev–Trinajstić information content (AvgIpc) is 3.18. The van der Waals surface area contributed by atoms with E-state index < -0.39 is 34.2 Å². The van der Waals surface area contributed by atoms with Gasteiger partial charge in [-0.3, -0.25) is 0 Å². The van der Waals surface area contributed by atoms with E-state index in [0.717, 1.165) is 6.26 Å². The molecule has 10 heteroatoms. The highest BCUT2D eigenvalue weighted by Gasteiger charge is 2.63. The van der Waals surface area contributed by atoms with Gasteiger partial charge in [0.05, 0.1) is 11.7 Å². The second-order valence-electron chi connectivity index (χ2n) is 5.94. The lowest BCUT2D eigenvalue weighted by atomic mass is 10.1. The lowest BCUT2D eigenvalue weighted by molar-refractivity contribution is -0.184. The minimum Gasteiger partial charge on any atom is -0.337 e. The third-order valence-corrected chi connectivity index (χ3v) is 5.55. The van der Waals surface area contributed by atoms with Crippen LogP contribution in [0.4, 0.5) is 18.0 Å². The Morgan fingerprint density at radius 1 is 1.18 bits per heavy atom. The van der Waals surface area contributed by atoms with Crippen molar-refractivity contribution in [2.24, 2.45) is 5.41 Å². The molecule has 0 radical (unpaired) electrons. The maximum Gasteiger partial charge on any atom is 0.396 e. The molecular weight excluding hydrogens is 323 g/mol. The summed E-state index contributed by atoms with van der Waals surface area (Å²) in [5, 5.41) is 2.34. The third-order valence-electron chi connectivity index (χ3n) is 4.24. The van der Waals surface area contributed by atoms with Gasteiger partial charge in [0, 0.05) is 32.7 Å². The fourth-order valence-corrected chi connectivity index (χ4v) is 3.37. The van der Waals surface area contributed by atoms with Crippen LogP contribution in [-0.2, 0) is 10.0 Å². The van der Waals surface area contributed by atoms with Crippen LogP contribution in [0.1, 0.15) is 19.3 Å². The normalized spacial score (nSPS) is 23.0. The zero-order valence-corrected chi connectivity index (χ0v) is 13.1. The van der Waals surface area contributed by atoms with Crippen LogP contribution in [0.25, 0.3) is 0 Å². The molecule has 1 saturated heterocycles. The number of amides is 2. The standard InChI is InChI=1S/C12H20F3N3O3S/c1-22(20,21)18-6-2-5-17(7-8-18)10(19)16-9-11(3-4-11)12(13,14)15/h2-9H2,1H3,(H,16,19). The van der Waals surface area contributed by atoms with Gasteiger partial charge in [0.25, 0.3) is 0 Å². The summed E-state index contributed by atoms with van der Waals surface area (Å²) in [5.74, 6) is 0. The molecule has 0 aromatic carbocycles. The molecule has 1 aliphatic heterocycles. The molecule has 1 N–H and O–H groups in total. The number of nitrogens with one attached hydrogen (secondary N) is 1. The van der Waals surface area contributed by atoms with Gasteiger partial charge in [0.2, 0.25) is 10.0 Å². The first-order valence-corrected chi connectivity index (χ1v) is 8.95. The van der Waals surface area contributed by atoms with Crippen molar-refractivity contribution in [3.8, 4) is 0 Å². The van der Waals surface area contributed by atoms with E-state index in [1.807, 2.05) is 0 Å². The van der Waals surface area contributed by atoms with Crippen molar-refractivity contribution in [1.29, 1.82) is 0 Å². The van der Waals surface area contributed by atoms with Gasteiger partial charge in [0.15, 0.2) is 0 Å². The highest BCUT2D eigenvalue weighted by Crippen LogP contribution is 2.57. The number of hydrogen-bond donors (Lipinski definition) is 1. The monoisotopic (exact) mass is 343 g/mol. The second kappa shape index (κ2) is 5.88. The minimum absolute atomic E-state index is 0.0403. The summed E-state index contributed by atoms with van der Waals surface area (Å²) in [6.45, 7) is 0.572.